The zero-order chi connectivity index (χ0) is 25.7. The number of halogens is 6. The molecule has 1 N–H and O–H groups in total. The van der Waals surface area contributed by atoms with E-state index >= 15 is 0 Å². The van der Waals surface area contributed by atoms with Gasteiger partial charge in [-0.15, -0.1) is 0 Å². The lowest BCUT2D eigenvalue weighted by atomic mass is 10.0. The van der Waals surface area contributed by atoms with E-state index < -0.39 is 36.2 Å². The number of ether oxygens (including phenoxy) is 1. The van der Waals surface area contributed by atoms with Crippen molar-refractivity contribution in [3.8, 4) is 0 Å². The van der Waals surface area contributed by atoms with Crippen molar-refractivity contribution in [2.45, 2.75) is 69.8 Å². The fourth-order valence-corrected chi connectivity index (χ4v) is 5.02. The first-order valence-electron chi connectivity index (χ1n) is 11.7. The van der Waals surface area contributed by atoms with Gasteiger partial charge >= 0.3 is 18.4 Å². The van der Waals surface area contributed by atoms with Gasteiger partial charge in [-0.1, -0.05) is 6.08 Å². The first kappa shape index (κ1) is 24.7. The van der Waals surface area contributed by atoms with Crippen LogP contribution in [0.5, 0.6) is 0 Å². The number of carbonyl (C=O) groups excluding carboxylic acids is 1. The lowest BCUT2D eigenvalue weighted by Crippen LogP contribution is -2.32. The Morgan fingerprint density at radius 1 is 1.03 bits per heavy atom. The normalized spacial score (nSPS) is 22.2. The number of aromatic nitrogens is 2. The zero-order valence-electron chi connectivity index (χ0n) is 19.1. The molecule has 3 aliphatic heterocycles. The second-order valence-electron chi connectivity index (χ2n) is 9.43. The molecule has 12 heteroatoms. The third-order valence-electron chi connectivity index (χ3n) is 6.76. The summed E-state index contributed by atoms with van der Waals surface area (Å²) in [5, 5.41) is 8.24. The highest BCUT2D eigenvalue weighted by Crippen LogP contribution is 2.37. The fourth-order valence-electron chi connectivity index (χ4n) is 5.02. The number of fused-ring (bicyclic) bond motifs is 3. The highest BCUT2D eigenvalue weighted by molar-refractivity contribution is 5.68. The van der Waals surface area contributed by atoms with Crippen LogP contribution in [0, 0.1) is 0 Å². The van der Waals surface area contributed by atoms with Crippen LogP contribution in [0.2, 0.25) is 0 Å². The predicted molar refractivity (Wildman–Crippen MR) is 116 cm³/mol. The van der Waals surface area contributed by atoms with Crippen LogP contribution in [0.4, 0.5) is 31.1 Å². The van der Waals surface area contributed by atoms with Crippen molar-refractivity contribution in [2.75, 3.05) is 6.54 Å². The van der Waals surface area contributed by atoms with Crippen LogP contribution < -0.4 is 5.32 Å². The predicted octanol–water partition coefficient (Wildman–Crippen LogP) is 5.37. The monoisotopic (exact) mass is 514 g/mol. The maximum Gasteiger partial charge on any atom is 0.416 e. The number of nitrogens with zero attached hydrogens (tertiary/aromatic N) is 3. The van der Waals surface area contributed by atoms with Crippen LogP contribution in [-0.2, 0) is 36.8 Å². The van der Waals surface area contributed by atoms with E-state index in [4.69, 9.17) is 9.84 Å². The van der Waals surface area contributed by atoms with Crippen molar-refractivity contribution >= 4 is 11.7 Å². The van der Waals surface area contributed by atoms with Gasteiger partial charge in [0, 0.05) is 25.2 Å². The summed E-state index contributed by atoms with van der Waals surface area (Å²) in [6.45, 7) is 0.376. The molecule has 2 atom stereocenters. The van der Waals surface area contributed by atoms with Gasteiger partial charge in [0.25, 0.3) is 0 Å². The molecule has 2 aromatic rings. The summed E-state index contributed by atoms with van der Waals surface area (Å²) in [5.74, 6) is 0. The molecule has 1 saturated heterocycles. The number of carbonyl (C=O) groups is 1. The first-order valence-corrected chi connectivity index (χ1v) is 11.7. The Bertz CT molecular complexity index is 1150. The van der Waals surface area contributed by atoms with E-state index in [0.29, 0.717) is 43.7 Å². The van der Waals surface area contributed by atoms with Crippen LogP contribution in [0.25, 0.3) is 5.57 Å². The Hall–Kier alpha value is -3.02. The number of alkyl halides is 6. The van der Waals surface area contributed by atoms with Gasteiger partial charge in [-0.2, -0.15) is 31.4 Å². The fraction of sp³-hybridized carbons (Fsp3) is 0.500. The van der Waals surface area contributed by atoms with Crippen molar-refractivity contribution in [2.24, 2.45) is 0 Å². The molecule has 2 bridgehead atoms. The SMILES string of the molecule is O=C(OCc1cc(C(F)(F)F)cc(C(F)(F)F)c1)N1CCCn2nc(C3=CC4CCC(C3)N4)cc2C1. The molecule has 36 heavy (non-hydrogen) atoms. The number of amides is 1. The van der Waals surface area contributed by atoms with Gasteiger partial charge in [0.1, 0.15) is 6.61 Å². The topological polar surface area (TPSA) is 59.4 Å². The molecule has 0 radical (unpaired) electrons. The highest BCUT2D eigenvalue weighted by atomic mass is 19.4. The summed E-state index contributed by atoms with van der Waals surface area (Å²) in [6, 6.07) is 3.89. The average Bonchev–Trinajstić information content (AvgIpc) is 3.30. The van der Waals surface area contributed by atoms with Gasteiger partial charge in [0.15, 0.2) is 0 Å². The van der Waals surface area contributed by atoms with Gasteiger partial charge in [0.2, 0.25) is 0 Å². The lowest BCUT2D eigenvalue weighted by Gasteiger charge is -2.21. The molecule has 1 aromatic carbocycles. The number of hydrogen-bond acceptors (Lipinski definition) is 4. The Morgan fingerprint density at radius 3 is 2.42 bits per heavy atom. The number of nitrogens with one attached hydrogen (secondary N) is 1. The number of benzene rings is 1. The van der Waals surface area contributed by atoms with E-state index in [1.54, 1.807) is 0 Å². The molecule has 1 aromatic heterocycles. The smallest absolute Gasteiger partial charge is 0.416 e. The molecule has 194 valence electrons. The molecule has 0 saturated carbocycles. The summed E-state index contributed by atoms with van der Waals surface area (Å²) < 4.78 is 85.6. The van der Waals surface area contributed by atoms with Crippen molar-refractivity contribution < 1.29 is 35.9 Å². The molecular weight excluding hydrogens is 490 g/mol. The van der Waals surface area contributed by atoms with Crippen LogP contribution in [0.3, 0.4) is 0 Å². The van der Waals surface area contributed by atoms with E-state index in [2.05, 4.69) is 11.4 Å². The van der Waals surface area contributed by atoms with Crippen molar-refractivity contribution in [1.82, 2.24) is 20.0 Å². The standard InChI is InChI=1S/C24H24F6N4O2/c25-23(26,27)16-6-14(7-17(10-16)24(28,29)30)13-36-22(35)33-4-1-5-34-20(12-33)11-21(32-34)15-8-18-2-3-19(9-15)31-18/h6-8,10-11,18-19,31H,1-5,9,12-13H2. The first-order chi connectivity index (χ1) is 17.0. The molecule has 3 aliphatic rings. The molecule has 2 unspecified atom stereocenters. The maximum atomic E-state index is 13.1. The number of hydrogen-bond donors (Lipinski definition) is 1. The third kappa shape index (κ3) is 5.23. The molecule has 1 amide bonds. The largest absolute Gasteiger partial charge is 0.445 e. The Labute approximate surface area is 202 Å². The van der Waals surface area contributed by atoms with Gasteiger partial charge in [-0.25, -0.2) is 4.79 Å². The van der Waals surface area contributed by atoms with E-state index in [1.807, 2.05) is 10.7 Å². The molecule has 1 fully saturated rings. The van der Waals surface area contributed by atoms with Crippen LogP contribution >= 0.6 is 0 Å². The summed E-state index contributed by atoms with van der Waals surface area (Å²) in [6.07, 6.45) is -4.87. The highest BCUT2D eigenvalue weighted by Gasteiger charge is 2.37. The van der Waals surface area contributed by atoms with Gasteiger partial charge < -0.3 is 15.0 Å². The summed E-state index contributed by atoms with van der Waals surface area (Å²) in [7, 11) is 0. The van der Waals surface area contributed by atoms with Gasteiger partial charge in [0.05, 0.1) is 29.1 Å². The zero-order valence-corrected chi connectivity index (χ0v) is 19.1. The van der Waals surface area contributed by atoms with E-state index in [0.717, 1.165) is 30.7 Å². The minimum absolute atomic E-state index is 0.0438. The molecule has 4 heterocycles. The molecule has 0 spiro atoms. The third-order valence-corrected chi connectivity index (χ3v) is 6.76. The summed E-state index contributed by atoms with van der Waals surface area (Å²) in [5.41, 5.74) is -0.460. The van der Waals surface area contributed by atoms with Crippen molar-refractivity contribution in [1.29, 1.82) is 0 Å². The van der Waals surface area contributed by atoms with Crippen LogP contribution in [0.1, 0.15) is 53.8 Å². The minimum atomic E-state index is -4.97. The van der Waals surface area contributed by atoms with E-state index in [9.17, 15) is 31.1 Å². The summed E-state index contributed by atoms with van der Waals surface area (Å²) in [4.78, 5) is 14.1. The molecule has 5 rings (SSSR count). The second kappa shape index (κ2) is 9.13. The van der Waals surface area contributed by atoms with Crippen molar-refractivity contribution in [3.05, 3.63) is 58.4 Å². The number of rotatable bonds is 3. The molecule has 6 nitrogen and oxygen atoms in total. The van der Waals surface area contributed by atoms with Crippen molar-refractivity contribution in [3.63, 3.8) is 0 Å². The number of aryl methyl sites for hydroxylation is 1. The lowest BCUT2D eigenvalue weighted by molar-refractivity contribution is -0.143. The molecular formula is C24H24F6N4O2. The average molecular weight is 514 g/mol. The van der Waals surface area contributed by atoms with E-state index in [1.165, 1.54) is 10.5 Å². The maximum absolute atomic E-state index is 13.1. The van der Waals surface area contributed by atoms with E-state index in [-0.39, 0.29) is 18.2 Å². The quantitative estimate of drug-likeness (QED) is 0.560. The Balaban J connectivity index is 1.28. The second-order valence-corrected chi connectivity index (χ2v) is 9.43. The molecule has 0 aliphatic carbocycles. The Morgan fingerprint density at radius 2 is 1.75 bits per heavy atom. The van der Waals surface area contributed by atoms with Crippen LogP contribution in [-0.4, -0.2) is 39.4 Å². The van der Waals surface area contributed by atoms with Gasteiger partial charge in [-0.05, 0) is 61.1 Å². The summed E-state index contributed by atoms with van der Waals surface area (Å²) >= 11 is 0. The Kier molecular flexibility index (Phi) is 6.26. The van der Waals surface area contributed by atoms with Crippen LogP contribution in [0.15, 0.2) is 30.3 Å². The minimum Gasteiger partial charge on any atom is -0.445 e. The van der Waals surface area contributed by atoms with Gasteiger partial charge in [-0.3, -0.25) is 4.68 Å².